The highest BCUT2D eigenvalue weighted by Gasteiger charge is 2.33. The molecule has 5 atom stereocenters. The number of ether oxygens (including phenoxy) is 1. The molecule has 0 saturated carbocycles. The van der Waals surface area contributed by atoms with Crippen molar-refractivity contribution in [2.75, 3.05) is 7.11 Å². The number of hydrogen-bond acceptors (Lipinski definition) is 1. The molecule has 0 aromatic heterocycles. The van der Waals surface area contributed by atoms with E-state index in [1.54, 1.807) is 43.5 Å². The molecule has 0 saturated heterocycles. The largest absolute Gasteiger partial charge is 0.377 e. The fourth-order valence-corrected chi connectivity index (χ4v) is 6.00. The van der Waals surface area contributed by atoms with E-state index in [1.807, 2.05) is 6.92 Å². The predicted octanol–water partition coefficient (Wildman–Crippen LogP) is 11.1. The van der Waals surface area contributed by atoms with Crippen molar-refractivity contribution in [2.45, 2.75) is 117 Å². The Kier molecular flexibility index (Phi) is 12.7. The van der Waals surface area contributed by atoms with Crippen LogP contribution in [-0.2, 0) is 4.74 Å². The summed E-state index contributed by atoms with van der Waals surface area (Å²) in [6, 6.07) is 3.27. The third kappa shape index (κ3) is 7.99. The molecule has 0 heterocycles. The molecular formula is C35H48F4O. The Balaban J connectivity index is 1.77. The molecular weight excluding hydrogens is 512 g/mol. The molecule has 0 fully saturated rings. The van der Waals surface area contributed by atoms with E-state index >= 15 is 13.2 Å². The first-order valence-corrected chi connectivity index (χ1v) is 15.3. The molecule has 2 aliphatic rings. The van der Waals surface area contributed by atoms with Crippen molar-refractivity contribution in [2.24, 2.45) is 11.8 Å². The fourth-order valence-electron chi connectivity index (χ4n) is 6.00. The summed E-state index contributed by atoms with van der Waals surface area (Å²) in [6.07, 6.45) is 13.2. The minimum absolute atomic E-state index is 0.178. The van der Waals surface area contributed by atoms with Gasteiger partial charge in [0, 0.05) is 18.2 Å². The maximum atomic E-state index is 15.4. The maximum Gasteiger partial charge on any atom is 0.166 e. The lowest BCUT2D eigenvalue weighted by atomic mass is 9.78. The lowest BCUT2D eigenvalue weighted by Crippen LogP contribution is -2.26. The third-order valence-electron chi connectivity index (χ3n) is 8.62. The van der Waals surface area contributed by atoms with Crippen molar-refractivity contribution in [3.63, 3.8) is 0 Å². The van der Waals surface area contributed by atoms with Crippen LogP contribution in [0.4, 0.5) is 17.6 Å². The van der Waals surface area contributed by atoms with E-state index in [0.717, 1.165) is 32.1 Å². The highest BCUT2D eigenvalue weighted by atomic mass is 19.2. The van der Waals surface area contributed by atoms with Crippen LogP contribution in [-0.4, -0.2) is 19.5 Å². The zero-order chi connectivity index (χ0) is 29.2. The summed E-state index contributed by atoms with van der Waals surface area (Å²) in [5.74, 6) is -1.42. The Labute approximate surface area is 239 Å². The van der Waals surface area contributed by atoms with E-state index in [1.165, 1.54) is 19.3 Å². The van der Waals surface area contributed by atoms with Crippen molar-refractivity contribution in [1.29, 1.82) is 0 Å². The van der Waals surface area contributed by atoms with Crippen LogP contribution >= 0.6 is 0 Å². The summed E-state index contributed by atoms with van der Waals surface area (Å²) in [6.45, 7) is 8.38. The molecule has 40 heavy (non-hydrogen) atoms. The third-order valence-corrected chi connectivity index (χ3v) is 8.62. The number of hydrogen-bond donors (Lipinski definition) is 0. The number of alkyl halides is 2. The Morgan fingerprint density at radius 2 is 1.52 bits per heavy atom. The van der Waals surface area contributed by atoms with Gasteiger partial charge in [-0.2, -0.15) is 0 Å². The van der Waals surface area contributed by atoms with Gasteiger partial charge in [-0.15, -0.1) is 0 Å². The lowest BCUT2D eigenvalue weighted by molar-refractivity contribution is 0.0857. The van der Waals surface area contributed by atoms with E-state index < -0.39 is 30.1 Å². The fraction of sp³-hybridized carbons (Fsp3) is 0.600. The van der Waals surface area contributed by atoms with Gasteiger partial charge in [0.15, 0.2) is 24.0 Å². The first-order valence-electron chi connectivity index (χ1n) is 15.3. The van der Waals surface area contributed by atoms with Gasteiger partial charge in [0.25, 0.3) is 0 Å². The van der Waals surface area contributed by atoms with Gasteiger partial charge in [0.1, 0.15) is 0 Å². The standard InChI is InChI=1S/C35H48F4O/c1-6-8-10-12-23(3)14-21-31(40-5)30-20-19-29(34(38)35(30)39)27-17-16-26(22-24(27)4)28-18-15-25(13-11-9-7-2)32(36)33(28)37/h15-20,23-24,31-33H,6-14,21-22H2,1-5H3. The Hall–Kier alpha value is -2.14. The molecule has 5 unspecified atom stereocenters. The molecule has 0 amide bonds. The van der Waals surface area contributed by atoms with E-state index in [4.69, 9.17) is 4.74 Å². The molecule has 1 aromatic rings. The first kappa shape index (κ1) is 32.4. The molecule has 0 spiro atoms. The highest BCUT2D eigenvalue weighted by molar-refractivity contribution is 5.72. The quantitative estimate of drug-likeness (QED) is 0.153. The highest BCUT2D eigenvalue weighted by Crippen LogP contribution is 2.41. The van der Waals surface area contributed by atoms with Crippen LogP contribution < -0.4 is 0 Å². The summed E-state index contributed by atoms with van der Waals surface area (Å²) in [4.78, 5) is 0. The Morgan fingerprint density at radius 3 is 2.20 bits per heavy atom. The minimum Gasteiger partial charge on any atom is -0.377 e. The molecule has 0 N–H and O–H groups in total. The van der Waals surface area contributed by atoms with Crippen molar-refractivity contribution >= 4 is 5.57 Å². The van der Waals surface area contributed by atoms with Gasteiger partial charge in [-0.05, 0) is 66.2 Å². The number of benzene rings is 1. The Morgan fingerprint density at radius 1 is 0.825 bits per heavy atom. The number of halogens is 4. The SMILES string of the molecule is CCCCCC1=CC=C(C2=CC=C(c3ccc(C(CCC(C)CCCCC)OC)c(F)c3F)C(C)C2)C(F)C1F. The molecule has 1 aromatic carbocycles. The summed E-state index contributed by atoms with van der Waals surface area (Å²) < 4.78 is 66.4. The number of unbranched alkanes of at least 4 members (excludes halogenated alkanes) is 4. The van der Waals surface area contributed by atoms with Crippen LogP contribution in [0, 0.1) is 23.5 Å². The zero-order valence-corrected chi connectivity index (χ0v) is 25.0. The monoisotopic (exact) mass is 560 g/mol. The number of methoxy groups -OCH3 is 1. The summed E-state index contributed by atoms with van der Waals surface area (Å²) in [5, 5.41) is 0. The van der Waals surface area contributed by atoms with Gasteiger partial charge in [-0.3, -0.25) is 0 Å². The summed E-state index contributed by atoms with van der Waals surface area (Å²) in [7, 11) is 1.54. The van der Waals surface area contributed by atoms with Crippen LogP contribution in [0.5, 0.6) is 0 Å². The minimum atomic E-state index is -1.70. The zero-order valence-electron chi connectivity index (χ0n) is 25.0. The molecule has 1 nitrogen and oxygen atoms in total. The van der Waals surface area contributed by atoms with Gasteiger partial charge in [-0.25, -0.2) is 17.6 Å². The van der Waals surface area contributed by atoms with E-state index in [2.05, 4.69) is 20.8 Å². The predicted molar refractivity (Wildman–Crippen MR) is 159 cm³/mol. The molecule has 0 radical (unpaired) electrons. The summed E-state index contributed by atoms with van der Waals surface area (Å²) in [5.41, 5.74) is 2.69. The molecule has 0 bridgehead atoms. The van der Waals surface area contributed by atoms with Crippen LogP contribution in [0.1, 0.15) is 116 Å². The topological polar surface area (TPSA) is 9.23 Å². The Bertz CT molecular complexity index is 1100. The van der Waals surface area contributed by atoms with E-state index in [9.17, 15) is 4.39 Å². The average molecular weight is 561 g/mol. The number of rotatable bonds is 15. The smallest absolute Gasteiger partial charge is 0.166 e. The van der Waals surface area contributed by atoms with Gasteiger partial charge in [-0.1, -0.05) is 103 Å². The van der Waals surface area contributed by atoms with Gasteiger partial charge >= 0.3 is 0 Å². The van der Waals surface area contributed by atoms with Gasteiger partial charge in [0.05, 0.1) is 6.10 Å². The van der Waals surface area contributed by atoms with Crippen molar-refractivity contribution in [3.05, 3.63) is 75.9 Å². The van der Waals surface area contributed by atoms with Crippen LogP contribution in [0.3, 0.4) is 0 Å². The van der Waals surface area contributed by atoms with Crippen molar-refractivity contribution in [1.82, 2.24) is 0 Å². The maximum absolute atomic E-state index is 15.4. The summed E-state index contributed by atoms with van der Waals surface area (Å²) >= 11 is 0. The molecule has 3 rings (SSSR count). The van der Waals surface area contributed by atoms with Crippen molar-refractivity contribution in [3.8, 4) is 0 Å². The van der Waals surface area contributed by atoms with Gasteiger partial charge in [0.2, 0.25) is 0 Å². The first-order chi connectivity index (χ1) is 19.2. The van der Waals surface area contributed by atoms with Crippen molar-refractivity contribution < 1.29 is 22.3 Å². The van der Waals surface area contributed by atoms with Gasteiger partial charge < -0.3 is 4.74 Å². The second kappa shape index (κ2) is 15.7. The lowest BCUT2D eigenvalue weighted by Gasteiger charge is -2.29. The van der Waals surface area contributed by atoms with Crippen LogP contribution in [0.25, 0.3) is 5.57 Å². The second-order valence-electron chi connectivity index (χ2n) is 11.8. The molecule has 222 valence electrons. The second-order valence-corrected chi connectivity index (χ2v) is 11.8. The molecule has 5 heteroatoms. The van der Waals surface area contributed by atoms with E-state index in [-0.39, 0.29) is 17.0 Å². The normalized spacial score (nSPS) is 22.8. The molecule has 0 aliphatic heterocycles. The van der Waals surface area contributed by atoms with Crippen LogP contribution in [0.15, 0.2) is 53.2 Å². The van der Waals surface area contributed by atoms with E-state index in [0.29, 0.717) is 47.5 Å². The van der Waals surface area contributed by atoms with Crippen LogP contribution in [0.2, 0.25) is 0 Å². The number of allylic oxidation sites excluding steroid dienone is 8. The molecule has 2 aliphatic carbocycles. The average Bonchev–Trinajstić information content (AvgIpc) is 2.94.